The first kappa shape index (κ1) is 17.5. The molecule has 0 aromatic heterocycles. The van der Waals surface area contributed by atoms with Gasteiger partial charge in [-0.05, 0) is 36.3 Å². The minimum Gasteiger partial charge on any atom is -0.268 e. The van der Waals surface area contributed by atoms with Crippen LogP contribution in [0, 0.1) is 0 Å². The normalized spacial score (nSPS) is 12.0. The summed E-state index contributed by atoms with van der Waals surface area (Å²) < 4.78 is 26.2. The van der Waals surface area contributed by atoms with Crippen LogP contribution in [0.25, 0.3) is 5.57 Å². The van der Waals surface area contributed by atoms with Gasteiger partial charge >= 0.3 is 0 Å². The van der Waals surface area contributed by atoms with E-state index in [2.05, 4.69) is 0 Å². The number of halogens is 2. The predicted molar refractivity (Wildman–Crippen MR) is 92.9 cm³/mol. The summed E-state index contributed by atoms with van der Waals surface area (Å²) in [5, 5.41) is 1.44. The number of hydrogen-bond acceptors (Lipinski definition) is 3. The van der Waals surface area contributed by atoms with Gasteiger partial charge in [0.25, 0.3) is 15.9 Å². The molecule has 120 valence electrons. The van der Waals surface area contributed by atoms with Crippen LogP contribution in [0.1, 0.15) is 22.8 Å². The summed E-state index contributed by atoms with van der Waals surface area (Å²) in [4.78, 5) is 12.1. The lowest BCUT2D eigenvalue weighted by Crippen LogP contribution is -2.29. The van der Waals surface area contributed by atoms with Crippen LogP contribution in [-0.4, -0.2) is 14.3 Å². The fourth-order valence-corrected chi connectivity index (χ4v) is 3.41. The average molecular weight is 370 g/mol. The molecule has 1 amide bonds. The summed E-state index contributed by atoms with van der Waals surface area (Å²) >= 11 is 11.6. The van der Waals surface area contributed by atoms with E-state index in [-0.39, 0.29) is 10.6 Å². The highest BCUT2D eigenvalue weighted by molar-refractivity contribution is 7.93. The number of allylic oxidation sites excluding steroid dienone is 1. The van der Waals surface area contributed by atoms with Gasteiger partial charge in [0.2, 0.25) is 0 Å². The number of sulfonamides is 1. The summed E-state index contributed by atoms with van der Waals surface area (Å²) in [6.45, 7) is 1.65. The van der Waals surface area contributed by atoms with Crippen molar-refractivity contribution in [2.75, 3.05) is 0 Å². The molecular formula is C16H13Cl2NO3S. The minimum atomic E-state index is -3.96. The Morgan fingerprint density at radius 3 is 2.35 bits per heavy atom. The molecule has 0 saturated carbocycles. The molecule has 1 N–H and O–H groups in total. The fraction of sp³-hybridized carbons (Fsp3) is 0.0625. The SMILES string of the molecule is CC(=CS(=O)(=O)NC(=O)c1ccc(Cl)cc1Cl)c1ccccc1. The first-order chi connectivity index (χ1) is 10.8. The van der Waals surface area contributed by atoms with Gasteiger partial charge in [-0.1, -0.05) is 53.5 Å². The highest BCUT2D eigenvalue weighted by Crippen LogP contribution is 2.21. The zero-order chi connectivity index (χ0) is 17.0. The maximum Gasteiger partial charge on any atom is 0.266 e. The van der Waals surface area contributed by atoms with Gasteiger partial charge in [0.1, 0.15) is 0 Å². The largest absolute Gasteiger partial charge is 0.268 e. The van der Waals surface area contributed by atoms with Crippen LogP contribution in [0.5, 0.6) is 0 Å². The Balaban J connectivity index is 2.22. The van der Waals surface area contributed by atoms with Crippen molar-refractivity contribution in [1.29, 1.82) is 0 Å². The van der Waals surface area contributed by atoms with Gasteiger partial charge < -0.3 is 0 Å². The van der Waals surface area contributed by atoms with Crippen LogP contribution < -0.4 is 4.72 Å². The van der Waals surface area contributed by atoms with Crippen LogP contribution >= 0.6 is 23.2 Å². The molecule has 7 heteroatoms. The number of hydrogen-bond donors (Lipinski definition) is 1. The van der Waals surface area contributed by atoms with Crippen molar-refractivity contribution in [2.24, 2.45) is 0 Å². The van der Waals surface area contributed by atoms with Gasteiger partial charge in [-0.2, -0.15) is 0 Å². The van der Waals surface area contributed by atoms with E-state index in [0.717, 1.165) is 11.0 Å². The Kier molecular flexibility index (Phi) is 5.46. The molecule has 0 saturated heterocycles. The van der Waals surface area contributed by atoms with E-state index in [1.165, 1.54) is 18.2 Å². The van der Waals surface area contributed by atoms with Gasteiger partial charge in [-0.25, -0.2) is 13.1 Å². The second kappa shape index (κ2) is 7.17. The number of nitrogens with one attached hydrogen (secondary N) is 1. The summed E-state index contributed by atoms with van der Waals surface area (Å²) in [6, 6.07) is 13.2. The highest BCUT2D eigenvalue weighted by Gasteiger charge is 2.17. The zero-order valence-electron chi connectivity index (χ0n) is 12.1. The van der Waals surface area contributed by atoms with Crippen molar-refractivity contribution < 1.29 is 13.2 Å². The minimum absolute atomic E-state index is 0.0328. The molecule has 0 radical (unpaired) electrons. The molecule has 0 atom stereocenters. The number of carbonyl (C=O) groups is 1. The van der Waals surface area contributed by atoms with Gasteiger partial charge in [0.15, 0.2) is 0 Å². The van der Waals surface area contributed by atoms with Crippen LogP contribution in [0.15, 0.2) is 53.9 Å². The van der Waals surface area contributed by atoms with Crippen molar-refractivity contribution in [1.82, 2.24) is 4.72 Å². The van der Waals surface area contributed by atoms with E-state index < -0.39 is 15.9 Å². The number of benzene rings is 2. The lowest BCUT2D eigenvalue weighted by Gasteiger charge is -2.07. The van der Waals surface area contributed by atoms with E-state index in [1.807, 2.05) is 10.8 Å². The molecule has 4 nitrogen and oxygen atoms in total. The Bertz CT molecular complexity index is 862. The number of carbonyl (C=O) groups excluding carboxylic acids is 1. The molecule has 0 fully saturated rings. The molecule has 0 bridgehead atoms. The maximum atomic E-state index is 12.1. The molecule has 0 heterocycles. The fourth-order valence-electron chi connectivity index (χ4n) is 1.89. The lowest BCUT2D eigenvalue weighted by atomic mass is 10.1. The standard InChI is InChI=1S/C16H13Cl2NO3S/c1-11(12-5-3-2-4-6-12)10-23(21,22)19-16(20)14-8-7-13(17)9-15(14)18/h2-10H,1H3,(H,19,20). The molecule has 0 aliphatic heterocycles. The van der Waals surface area contributed by atoms with Crippen molar-refractivity contribution in [2.45, 2.75) is 6.92 Å². The van der Waals surface area contributed by atoms with Crippen molar-refractivity contribution in [3.63, 3.8) is 0 Å². The van der Waals surface area contributed by atoms with Crippen LogP contribution in [0.4, 0.5) is 0 Å². The molecule has 2 aromatic carbocycles. The first-order valence-corrected chi connectivity index (χ1v) is 8.84. The summed E-state index contributed by atoms with van der Waals surface area (Å²) in [6.07, 6.45) is 0. The van der Waals surface area contributed by atoms with E-state index in [0.29, 0.717) is 10.6 Å². The summed E-state index contributed by atoms with van der Waals surface area (Å²) in [5.41, 5.74) is 1.29. The van der Waals surface area contributed by atoms with Crippen LogP contribution in [-0.2, 0) is 10.0 Å². The second-order valence-electron chi connectivity index (χ2n) is 4.77. The predicted octanol–water partition coefficient (Wildman–Crippen LogP) is 4.11. The third-order valence-electron chi connectivity index (χ3n) is 2.97. The Hall–Kier alpha value is -1.82. The van der Waals surface area contributed by atoms with Gasteiger partial charge in [-0.3, -0.25) is 4.79 Å². The van der Waals surface area contributed by atoms with Gasteiger partial charge in [-0.15, -0.1) is 0 Å². The van der Waals surface area contributed by atoms with E-state index in [9.17, 15) is 13.2 Å². The second-order valence-corrected chi connectivity index (χ2v) is 7.14. The smallest absolute Gasteiger partial charge is 0.266 e. The Labute approximate surface area is 144 Å². The molecule has 2 aromatic rings. The van der Waals surface area contributed by atoms with Crippen LogP contribution in [0.3, 0.4) is 0 Å². The third kappa shape index (κ3) is 4.82. The molecule has 23 heavy (non-hydrogen) atoms. The lowest BCUT2D eigenvalue weighted by molar-refractivity contribution is 0.0982. The molecule has 2 rings (SSSR count). The molecule has 0 aliphatic rings. The monoisotopic (exact) mass is 369 g/mol. The van der Waals surface area contributed by atoms with Gasteiger partial charge in [0, 0.05) is 5.02 Å². The number of rotatable bonds is 4. The average Bonchev–Trinajstić information content (AvgIpc) is 2.46. The molecule has 0 spiro atoms. The van der Waals surface area contributed by atoms with Crippen LogP contribution in [0.2, 0.25) is 10.0 Å². The quantitative estimate of drug-likeness (QED) is 0.881. The zero-order valence-corrected chi connectivity index (χ0v) is 14.4. The van der Waals surface area contributed by atoms with Crippen molar-refractivity contribution in [3.8, 4) is 0 Å². The van der Waals surface area contributed by atoms with Gasteiger partial charge in [0.05, 0.1) is 16.0 Å². The maximum absolute atomic E-state index is 12.1. The Morgan fingerprint density at radius 2 is 1.74 bits per heavy atom. The topological polar surface area (TPSA) is 63.2 Å². The summed E-state index contributed by atoms with van der Waals surface area (Å²) in [7, 11) is -3.96. The van der Waals surface area contributed by atoms with E-state index in [4.69, 9.17) is 23.2 Å². The highest BCUT2D eigenvalue weighted by atomic mass is 35.5. The number of amides is 1. The van der Waals surface area contributed by atoms with Crippen molar-refractivity contribution in [3.05, 3.63) is 75.1 Å². The van der Waals surface area contributed by atoms with E-state index in [1.54, 1.807) is 31.2 Å². The van der Waals surface area contributed by atoms with Crippen molar-refractivity contribution >= 4 is 44.7 Å². The third-order valence-corrected chi connectivity index (χ3v) is 4.65. The van der Waals surface area contributed by atoms with E-state index >= 15 is 0 Å². The molecular weight excluding hydrogens is 357 g/mol. The first-order valence-electron chi connectivity index (χ1n) is 6.54. The summed E-state index contributed by atoms with van der Waals surface area (Å²) in [5.74, 6) is -0.816. The molecule has 0 unspecified atom stereocenters. The Morgan fingerprint density at radius 1 is 1.09 bits per heavy atom. The molecule has 0 aliphatic carbocycles.